The standard InChI is InChI=1S/C27H24N2O4S/c1-16-12-18(3)22(13-17(16)2)24(30)15-34-27-28-23-14-19(26(32)33-4)10-11-21(23)25(31)29(27)20-8-6-5-7-9-20/h5-14H,15H2,1-4H3. The maximum absolute atomic E-state index is 13.5. The average Bonchev–Trinajstić information content (AvgIpc) is 2.84. The van der Waals surface area contributed by atoms with E-state index in [2.05, 4.69) is 4.98 Å². The van der Waals surface area contributed by atoms with E-state index in [0.717, 1.165) is 16.7 Å². The number of benzene rings is 3. The van der Waals surface area contributed by atoms with Gasteiger partial charge in [0, 0.05) is 5.56 Å². The molecule has 0 unspecified atom stereocenters. The van der Waals surface area contributed by atoms with Gasteiger partial charge in [-0.05, 0) is 73.9 Å². The summed E-state index contributed by atoms with van der Waals surface area (Å²) in [6, 6.07) is 17.8. The molecule has 0 radical (unpaired) electrons. The topological polar surface area (TPSA) is 78.3 Å². The van der Waals surface area contributed by atoms with E-state index in [0.29, 0.717) is 32.9 Å². The lowest BCUT2D eigenvalue weighted by atomic mass is 9.99. The van der Waals surface area contributed by atoms with E-state index in [9.17, 15) is 14.4 Å². The number of aryl methyl sites for hydroxylation is 3. The van der Waals surface area contributed by atoms with Crippen LogP contribution in [0.25, 0.3) is 16.6 Å². The van der Waals surface area contributed by atoms with Crippen LogP contribution in [0, 0.1) is 20.8 Å². The van der Waals surface area contributed by atoms with E-state index in [1.807, 2.05) is 63.2 Å². The first kappa shape index (κ1) is 23.4. The number of carbonyl (C=O) groups excluding carboxylic acids is 2. The Morgan fingerprint density at radius 1 is 0.941 bits per heavy atom. The van der Waals surface area contributed by atoms with Crippen molar-refractivity contribution in [3.8, 4) is 5.69 Å². The Morgan fingerprint density at radius 3 is 2.35 bits per heavy atom. The molecule has 0 aliphatic carbocycles. The second-order valence-corrected chi connectivity index (χ2v) is 9.00. The van der Waals surface area contributed by atoms with E-state index in [-0.39, 0.29) is 17.1 Å². The molecule has 0 saturated heterocycles. The van der Waals surface area contributed by atoms with Gasteiger partial charge in [0.15, 0.2) is 10.9 Å². The quantitative estimate of drug-likeness (QED) is 0.169. The average molecular weight is 473 g/mol. The second kappa shape index (κ2) is 9.65. The van der Waals surface area contributed by atoms with Gasteiger partial charge in [0.05, 0.1) is 35.0 Å². The Kier molecular flexibility index (Phi) is 6.65. The van der Waals surface area contributed by atoms with Gasteiger partial charge in [-0.1, -0.05) is 36.0 Å². The molecule has 0 spiro atoms. The summed E-state index contributed by atoms with van der Waals surface area (Å²) < 4.78 is 6.30. The number of hydrogen-bond donors (Lipinski definition) is 0. The highest BCUT2D eigenvalue weighted by Crippen LogP contribution is 2.24. The molecular formula is C27H24N2O4S. The van der Waals surface area contributed by atoms with Crippen molar-refractivity contribution >= 4 is 34.4 Å². The van der Waals surface area contributed by atoms with E-state index >= 15 is 0 Å². The Balaban J connectivity index is 1.79. The molecule has 4 rings (SSSR count). The van der Waals surface area contributed by atoms with Crippen molar-refractivity contribution in [3.63, 3.8) is 0 Å². The first-order chi connectivity index (χ1) is 16.3. The van der Waals surface area contributed by atoms with Crippen molar-refractivity contribution < 1.29 is 14.3 Å². The molecule has 0 amide bonds. The van der Waals surface area contributed by atoms with Gasteiger partial charge in [0.2, 0.25) is 0 Å². The van der Waals surface area contributed by atoms with Gasteiger partial charge in [-0.25, -0.2) is 9.78 Å². The molecule has 0 N–H and O–H groups in total. The third-order valence-corrected chi connectivity index (χ3v) is 6.69. The molecule has 3 aromatic carbocycles. The number of methoxy groups -OCH3 is 1. The van der Waals surface area contributed by atoms with Crippen LogP contribution < -0.4 is 5.56 Å². The molecule has 1 aromatic heterocycles. The van der Waals surface area contributed by atoms with Gasteiger partial charge in [0.1, 0.15) is 0 Å². The highest BCUT2D eigenvalue weighted by Gasteiger charge is 2.18. The molecule has 0 aliphatic rings. The van der Waals surface area contributed by atoms with Crippen LogP contribution in [-0.2, 0) is 4.74 Å². The molecule has 0 aliphatic heterocycles. The normalized spacial score (nSPS) is 10.9. The van der Waals surface area contributed by atoms with Crippen LogP contribution in [0.4, 0.5) is 0 Å². The van der Waals surface area contributed by atoms with Crippen molar-refractivity contribution in [2.75, 3.05) is 12.9 Å². The van der Waals surface area contributed by atoms with Crippen LogP contribution in [0.15, 0.2) is 70.6 Å². The summed E-state index contributed by atoms with van der Waals surface area (Å²) in [4.78, 5) is 43.2. The second-order valence-electron chi connectivity index (χ2n) is 8.06. The molecule has 4 aromatic rings. The number of nitrogens with zero attached hydrogens (tertiary/aromatic N) is 2. The fraction of sp³-hybridized carbons (Fsp3) is 0.185. The number of ketones is 1. The largest absolute Gasteiger partial charge is 0.465 e. The number of carbonyl (C=O) groups is 2. The minimum Gasteiger partial charge on any atom is -0.465 e. The van der Waals surface area contributed by atoms with E-state index < -0.39 is 5.97 Å². The lowest BCUT2D eigenvalue weighted by Crippen LogP contribution is -2.22. The van der Waals surface area contributed by atoms with Crippen LogP contribution >= 0.6 is 11.8 Å². The molecule has 7 heteroatoms. The summed E-state index contributed by atoms with van der Waals surface area (Å²) >= 11 is 1.20. The zero-order chi connectivity index (χ0) is 24.4. The zero-order valence-electron chi connectivity index (χ0n) is 19.4. The van der Waals surface area contributed by atoms with Gasteiger partial charge >= 0.3 is 5.97 Å². The fourth-order valence-electron chi connectivity index (χ4n) is 3.78. The third-order valence-electron chi connectivity index (χ3n) is 5.75. The van der Waals surface area contributed by atoms with Gasteiger partial charge in [0.25, 0.3) is 5.56 Å². The van der Waals surface area contributed by atoms with Crippen LogP contribution in [0.2, 0.25) is 0 Å². The fourth-order valence-corrected chi connectivity index (χ4v) is 4.68. The number of hydrogen-bond acceptors (Lipinski definition) is 6. The number of esters is 1. The zero-order valence-corrected chi connectivity index (χ0v) is 20.2. The van der Waals surface area contributed by atoms with Gasteiger partial charge in [-0.3, -0.25) is 14.2 Å². The molecule has 0 atom stereocenters. The molecule has 0 bridgehead atoms. The van der Waals surface area contributed by atoms with Crippen molar-refractivity contribution in [2.24, 2.45) is 0 Å². The van der Waals surface area contributed by atoms with Crippen molar-refractivity contribution in [1.82, 2.24) is 9.55 Å². The summed E-state index contributed by atoms with van der Waals surface area (Å²) in [6.45, 7) is 5.92. The molecule has 34 heavy (non-hydrogen) atoms. The van der Waals surface area contributed by atoms with Crippen LogP contribution in [0.1, 0.15) is 37.4 Å². The summed E-state index contributed by atoms with van der Waals surface area (Å²) in [5.41, 5.74) is 4.83. The Labute approximate surface area is 201 Å². The van der Waals surface area contributed by atoms with Gasteiger partial charge in [-0.2, -0.15) is 0 Å². The molecule has 172 valence electrons. The lowest BCUT2D eigenvalue weighted by molar-refractivity contribution is 0.0600. The van der Waals surface area contributed by atoms with Gasteiger partial charge < -0.3 is 4.74 Å². The smallest absolute Gasteiger partial charge is 0.337 e. The maximum atomic E-state index is 13.5. The molecule has 0 fully saturated rings. The highest BCUT2D eigenvalue weighted by molar-refractivity contribution is 7.99. The van der Waals surface area contributed by atoms with Gasteiger partial charge in [-0.15, -0.1) is 0 Å². The summed E-state index contributed by atoms with van der Waals surface area (Å²) in [6.07, 6.45) is 0. The number of Topliss-reactive ketones (excluding diaryl/α,β-unsaturated/α-hetero) is 1. The van der Waals surface area contributed by atoms with E-state index in [1.54, 1.807) is 12.1 Å². The number of para-hydroxylation sites is 1. The summed E-state index contributed by atoms with van der Waals surface area (Å²) in [5.74, 6) is -0.432. The monoisotopic (exact) mass is 472 g/mol. The molecule has 0 saturated carbocycles. The summed E-state index contributed by atoms with van der Waals surface area (Å²) in [7, 11) is 1.30. The SMILES string of the molecule is COC(=O)c1ccc2c(=O)n(-c3ccccc3)c(SCC(=O)c3cc(C)c(C)cc3C)nc2c1. The van der Waals surface area contributed by atoms with E-state index in [1.165, 1.54) is 29.5 Å². The van der Waals surface area contributed by atoms with Crippen molar-refractivity contribution in [2.45, 2.75) is 25.9 Å². The van der Waals surface area contributed by atoms with Crippen LogP contribution in [0.3, 0.4) is 0 Å². The third kappa shape index (κ3) is 4.52. The number of thioether (sulfide) groups is 1. The first-order valence-electron chi connectivity index (χ1n) is 10.7. The van der Waals surface area contributed by atoms with Crippen LogP contribution in [0.5, 0.6) is 0 Å². The summed E-state index contributed by atoms with van der Waals surface area (Å²) in [5, 5.41) is 0.748. The predicted molar refractivity (Wildman–Crippen MR) is 134 cm³/mol. The number of aromatic nitrogens is 2. The lowest BCUT2D eigenvalue weighted by Gasteiger charge is -2.14. The Morgan fingerprint density at radius 2 is 1.65 bits per heavy atom. The Bertz CT molecular complexity index is 1480. The molecule has 1 heterocycles. The van der Waals surface area contributed by atoms with Crippen LogP contribution in [-0.4, -0.2) is 34.2 Å². The molecular weight excluding hydrogens is 448 g/mol. The van der Waals surface area contributed by atoms with E-state index in [4.69, 9.17) is 4.74 Å². The number of fused-ring (bicyclic) bond motifs is 1. The minimum absolute atomic E-state index is 0.0390. The number of ether oxygens (including phenoxy) is 1. The first-order valence-corrected chi connectivity index (χ1v) is 11.7. The minimum atomic E-state index is -0.509. The predicted octanol–water partition coefficient (Wildman–Crippen LogP) is 5.07. The van der Waals surface area contributed by atoms with Crippen molar-refractivity contribution in [1.29, 1.82) is 0 Å². The van der Waals surface area contributed by atoms with Crippen molar-refractivity contribution in [3.05, 3.63) is 98.8 Å². The molecule has 6 nitrogen and oxygen atoms in total. The number of rotatable bonds is 6. The highest BCUT2D eigenvalue weighted by atomic mass is 32.2. The Hall–Kier alpha value is -3.71. The maximum Gasteiger partial charge on any atom is 0.337 e.